The van der Waals surface area contributed by atoms with E-state index in [0.717, 1.165) is 23.4 Å². The molecule has 24 heavy (non-hydrogen) atoms. The van der Waals surface area contributed by atoms with E-state index in [2.05, 4.69) is 20.6 Å². The third-order valence-electron chi connectivity index (χ3n) is 4.24. The fourth-order valence-corrected chi connectivity index (χ4v) is 2.89. The number of carbonyl (C=O) groups is 2. The van der Waals surface area contributed by atoms with E-state index in [9.17, 15) is 9.59 Å². The first-order chi connectivity index (χ1) is 11.5. The van der Waals surface area contributed by atoms with Gasteiger partial charge >= 0.3 is 0 Å². The van der Waals surface area contributed by atoms with Crippen molar-refractivity contribution in [3.63, 3.8) is 0 Å². The molecule has 8 heteroatoms. The molecule has 0 bridgehead atoms. The van der Waals surface area contributed by atoms with Crippen LogP contribution in [0.4, 0.5) is 5.95 Å². The molecule has 1 saturated carbocycles. The van der Waals surface area contributed by atoms with Gasteiger partial charge in [-0.05, 0) is 31.4 Å². The Balaban J connectivity index is 1.56. The van der Waals surface area contributed by atoms with Crippen molar-refractivity contribution in [1.29, 1.82) is 5.41 Å². The van der Waals surface area contributed by atoms with Gasteiger partial charge in [-0.15, -0.1) is 0 Å². The standard InChI is InChI=1S/C16H18ClN5O2/c1-8-12(13(8)17)10(6-18)7-20-15(24)11-4-5-19-16(21-11)22-14(23)9-2-3-9/h4-6,9-10,12,18H,2-3,7H2,1H3,(H,20,24)(H,19,21,22,23). The Labute approximate surface area is 144 Å². The highest BCUT2D eigenvalue weighted by Gasteiger charge is 2.37. The first-order valence-corrected chi connectivity index (χ1v) is 8.18. The maximum Gasteiger partial charge on any atom is 0.270 e. The quantitative estimate of drug-likeness (QED) is 0.655. The molecule has 0 saturated heterocycles. The lowest BCUT2D eigenvalue weighted by molar-refractivity contribution is -0.117. The number of allylic oxidation sites excluding steroid dienone is 2. The molecular weight excluding hydrogens is 330 g/mol. The summed E-state index contributed by atoms with van der Waals surface area (Å²) in [4.78, 5) is 32.0. The molecule has 2 amide bonds. The summed E-state index contributed by atoms with van der Waals surface area (Å²) in [5, 5.41) is 13.6. The van der Waals surface area contributed by atoms with Gasteiger partial charge in [0.1, 0.15) is 5.69 Å². The number of anilines is 1. The number of halogens is 1. The molecule has 1 aromatic heterocycles. The number of carbonyl (C=O) groups excluding carboxylic acids is 2. The summed E-state index contributed by atoms with van der Waals surface area (Å²) < 4.78 is 0. The highest BCUT2D eigenvalue weighted by Crippen LogP contribution is 2.46. The van der Waals surface area contributed by atoms with Crippen molar-refractivity contribution in [3.05, 3.63) is 28.6 Å². The van der Waals surface area contributed by atoms with Crippen LogP contribution in [0.3, 0.4) is 0 Å². The summed E-state index contributed by atoms with van der Waals surface area (Å²) in [5.74, 6) is -0.410. The number of hydrogen-bond acceptors (Lipinski definition) is 5. The predicted octanol–water partition coefficient (Wildman–Crippen LogP) is 1.96. The van der Waals surface area contributed by atoms with E-state index in [1.165, 1.54) is 18.5 Å². The Morgan fingerprint density at radius 1 is 1.50 bits per heavy atom. The maximum absolute atomic E-state index is 12.2. The Morgan fingerprint density at radius 3 is 2.79 bits per heavy atom. The van der Waals surface area contributed by atoms with Crippen LogP contribution < -0.4 is 10.6 Å². The van der Waals surface area contributed by atoms with Gasteiger partial charge in [-0.25, -0.2) is 9.97 Å². The van der Waals surface area contributed by atoms with E-state index in [-0.39, 0.29) is 41.2 Å². The third-order valence-corrected chi connectivity index (χ3v) is 4.78. The minimum absolute atomic E-state index is 0.0402. The van der Waals surface area contributed by atoms with E-state index in [4.69, 9.17) is 17.0 Å². The highest BCUT2D eigenvalue weighted by molar-refractivity contribution is 6.33. The average molecular weight is 348 g/mol. The van der Waals surface area contributed by atoms with Crippen LogP contribution in [0.1, 0.15) is 30.3 Å². The summed E-state index contributed by atoms with van der Waals surface area (Å²) >= 11 is 6.01. The lowest BCUT2D eigenvalue weighted by Crippen LogP contribution is -2.32. The van der Waals surface area contributed by atoms with Gasteiger partial charge in [0, 0.05) is 41.7 Å². The van der Waals surface area contributed by atoms with Crippen molar-refractivity contribution in [2.45, 2.75) is 19.8 Å². The molecule has 7 nitrogen and oxygen atoms in total. The zero-order valence-electron chi connectivity index (χ0n) is 13.2. The van der Waals surface area contributed by atoms with E-state index in [1.807, 2.05) is 6.92 Å². The SMILES string of the molecule is CC1=C(Cl)C1C(C=N)CNC(=O)c1ccnc(NC(=O)C2CC2)n1. The summed E-state index contributed by atoms with van der Waals surface area (Å²) in [6.45, 7) is 2.22. The summed E-state index contributed by atoms with van der Waals surface area (Å²) in [5.41, 5.74) is 1.23. The summed E-state index contributed by atoms with van der Waals surface area (Å²) in [6.07, 6.45) is 4.50. The van der Waals surface area contributed by atoms with Crippen molar-refractivity contribution < 1.29 is 9.59 Å². The molecule has 2 unspecified atom stereocenters. The zero-order chi connectivity index (χ0) is 17.3. The second-order valence-electron chi connectivity index (χ2n) is 6.08. The van der Waals surface area contributed by atoms with Crippen molar-refractivity contribution in [2.24, 2.45) is 17.8 Å². The smallest absolute Gasteiger partial charge is 0.270 e. The van der Waals surface area contributed by atoms with Crippen LogP contribution in [0.5, 0.6) is 0 Å². The molecular formula is C16H18ClN5O2. The van der Waals surface area contributed by atoms with Gasteiger partial charge in [0.05, 0.1) is 0 Å². The second kappa shape index (κ2) is 6.68. The molecule has 0 aromatic carbocycles. The Hall–Kier alpha value is -2.28. The summed E-state index contributed by atoms with van der Waals surface area (Å²) in [7, 11) is 0. The van der Waals surface area contributed by atoms with E-state index in [0.29, 0.717) is 6.54 Å². The largest absolute Gasteiger partial charge is 0.350 e. The van der Waals surface area contributed by atoms with E-state index in [1.54, 1.807) is 0 Å². The summed E-state index contributed by atoms with van der Waals surface area (Å²) in [6, 6.07) is 1.48. The van der Waals surface area contributed by atoms with Gasteiger partial charge in [-0.3, -0.25) is 14.9 Å². The van der Waals surface area contributed by atoms with Gasteiger partial charge in [0.15, 0.2) is 0 Å². The minimum atomic E-state index is -0.374. The first-order valence-electron chi connectivity index (χ1n) is 7.80. The molecule has 0 radical (unpaired) electrons. The fraction of sp³-hybridized carbons (Fsp3) is 0.438. The minimum Gasteiger partial charge on any atom is -0.350 e. The molecule has 2 atom stereocenters. The average Bonchev–Trinajstić information content (AvgIpc) is 3.49. The van der Waals surface area contributed by atoms with Crippen LogP contribution >= 0.6 is 11.6 Å². The van der Waals surface area contributed by atoms with Crippen molar-refractivity contribution >= 4 is 35.6 Å². The van der Waals surface area contributed by atoms with E-state index >= 15 is 0 Å². The Morgan fingerprint density at radius 2 is 2.21 bits per heavy atom. The van der Waals surface area contributed by atoms with Crippen LogP contribution in [-0.4, -0.2) is 34.5 Å². The lowest BCUT2D eigenvalue weighted by atomic mass is 10.0. The normalized spacial score (nSPS) is 20.3. The van der Waals surface area contributed by atoms with Gasteiger partial charge in [-0.2, -0.15) is 0 Å². The van der Waals surface area contributed by atoms with Crippen molar-refractivity contribution in [1.82, 2.24) is 15.3 Å². The number of nitrogens with one attached hydrogen (secondary N) is 3. The lowest BCUT2D eigenvalue weighted by Gasteiger charge is -2.13. The number of hydrogen-bond donors (Lipinski definition) is 3. The third kappa shape index (κ3) is 3.62. The molecule has 1 aromatic rings. The maximum atomic E-state index is 12.2. The van der Waals surface area contributed by atoms with E-state index < -0.39 is 0 Å². The van der Waals surface area contributed by atoms with Gasteiger partial charge in [0.25, 0.3) is 5.91 Å². The van der Waals surface area contributed by atoms with Gasteiger partial charge in [-0.1, -0.05) is 11.6 Å². The molecule has 126 valence electrons. The van der Waals surface area contributed by atoms with Crippen LogP contribution in [0, 0.1) is 23.2 Å². The van der Waals surface area contributed by atoms with Crippen LogP contribution in [0.2, 0.25) is 0 Å². The predicted molar refractivity (Wildman–Crippen MR) is 90.0 cm³/mol. The van der Waals surface area contributed by atoms with Gasteiger partial charge < -0.3 is 10.7 Å². The number of aromatic nitrogens is 2. The molecule has 3 N–H and O–H groups in total. The molecule has 1 heterocycles. The molecule has 2 aliphatic carbocycles. The highest BCUT2D eigenvalue weighted by atomic mass is 35.5. The fourth-order valence-electron chi connectivity index (χ4n) is 2.50. The zero-order valence-corrected chi connectivity index (χ0v) is 13.9. The topological polar surface area (TPSA) is 108 Å². The van der Waals surface area contributed by atoms with Gasteiger partial charge in [0.2, 0.25) is 11.9 Å². The second-order valence-corrected chi connectivity index (χ2v) is 6.49. The molecule has 3 rings (SSSR count). The molecule has 2 aliphatic rings. The molecule has 1 fully saturated rings. The van der Waals surface area contributed by atoms with Crippen LogP contribution in [0.25, 0.3) is 0 Å². The number of amides is 2. The van der Waals surface area contributed by atoms with Crippen molar-refractivity contribution in [2.75, 3.05) is 11.9 Å². The number of rotatable bonds is 7. The molecule has 0 aliphatic heterocycles. The Bertz CT molecular complexity index is 717. The van der Waals surface area contributed by atoms with Crippen LogP contribution in [-0.2, 0) is 4.79 Å². The monoisotopic (exact) mass is 347 g/mol. The first kappa shape index (κ1) is 16.6. The number of nitrogens with zero attached hydrogens (tertiary/aromatic N) is 2. The van der Waals surface area contributed by atoms with Crippen molar-refractivity contribution in [3.8, 4) is 0 Å². The molecule has 0 spiro atoms. The van der Waals surface area contributed by atoms with Crippen LogP contribution in [0.15, 0.2) is 22.9 Å². The Kier molecular flexibility index (Phi) is 4.62.